The zero-order valence-electron chi connectivity index (χ0n) is 7.49. The highest BCUT2D eigenvalue weighted by atomic mass is 32.2. The molecule has 1 radical (unpaired) electrons. The molecule has 1 unspecified atom stereocenters. The first kappa shape index (κ1) is 8.90. The number of urea groups is 1. The zero-order valence-corrected chi connectivity index (χ0v) is 8.30. The third-order valence-electron chi connectivity index (χ3n) is 2.29. The minimum absolute atomic E-state index is 0.149. The molecule has 4 nitrogen and oxygen atoms in total. The Kier molecular flexibility index (Phi) is 2.21. The van der Waals surface area contributed by atoms with Crippen LogP contribution >= 0.6 is 11.8 Å². The summed E-state index contributed by atoms with van der Waals surface area (Å²) in [4.78, 5) is 14.0. The Bertz CT molecular complexity index is 277. The Labute approximate surface area is 81.5 Å². The number of carbonyl (C=O) groups excluding carboxylic acids is 1. The third kappa shape index (κ3) is 1.42. The Morgan fingerprint density at radius 3 is 3.23 bits per heavy atom. The number of hydrogen-bond donors (Lipinski definition) is 1. The summed E-state index contributed by atoms with van der Waals surface area (Å²) in [6.07, 6.45) is 0.857. The molecule has 0 aromatic carbocycles. The Balaban J connectivity index is 2.26. The first-order valence-electron chi connectivity index (χ1n) is 4.30. The zero-order chi connectivity index (χ0) is 9.42. The fourth-order valence-corrected chi connectivity index (χ4v) is 3.00. The van der Waals surface area contributed by atoms with E-state index in [1.807, 2.05) is 6.92 Å². The molecular formula is C8H12N3OS. The van der Waals surface area contributed by atoms with E-state index in [0.717, 1.165) is 25.2 Å². The molecule has 13 heavy (non-hydrogen) atoms. The molecule has 2 rings (SSSR count). The average molecular weight is 198 g/mol. The van der Waals surface area contributed by atoms with E-state index in [9.17, 15) is 4.79 Å². The van der Waals surface area contributed by atoms with Gasteiger partial charge in [0.15, 0.2) is 0 Å². The Morgan fingerprint density at radius 2 is 2.54 bits per heavy atom. The van der Waals surface area contributed by atoms with Crippen LogP contribution in [0.15, 0.2) is 10.6 Å². The van der Waals surface area contributed by atoms with E-state index < -0.39 is 0 Å². The number of hydrogen-bond acceptors (Lipinski definition) is 2. The highest BCUT2D eigenvalue weighted by Crippen LogP contribution is 2.40. The molecule has 0 aromatic rings. The van der Waals surface area contributed by atoms with Crippen LogP contribution in [0, 0.1) is 0 Å². The van der Waals surface area contributed by atoms with Gasteiger partial charge in [-0.2, -0.15) is 0 Å². The van der Waals surface area contributed by atoms with Crippen LogP contribution in [0.3, 0.4) is 0 Å². The van der Waals surface area contributed by atoms with Gasteiger partial charge in [-0.05, 0) is 6.92 Å². The van der Waals surface area contributed by atoms with Crippen molar-refractivity contribution in [1.82, 2.24) is 10.2 Å². The van der Waals surface area contributed by atoms with Crippen LogP contribution < -0.4 is 11.1 Å². The maximum atomic E-state index is 11.1. The summed E-state index contributed by atoms with van der Waals surface area (Å²) >= 11 is 1.70. The number of rotatable bonds is 0. The number of primary amides is 1. The molecule has 2 heterocycles. The van der Waals surface area contributed by atoms with Crippen molar-refractivity contribution in [2.24, 2.45) is 5.73 Å². The van der Waals surface area contributed by atoms with Gasteiger partial charge in [0.2, 0.25) is 0 Å². The van der Waals surface area contributed by atoms with Crippen molar-refractivity contribution in [3.8, 4) is 0 Å². The monoisotopic (exact) mass is 198 g/mol. The fraction of sp³-hybridized carbons (Fsp3) is 0.625. The quantitative estimate of drug-likeness (QED) is 0.622. The fourth-order valence-electron chi connectivity index (χ4n) is 1.75. The summed E-state index contributed by atoms with van der Waals surface area (Å²) in [5, 5.41) is 4.44. The van der Waals surface area contributed by atoms with Crippen molar-refractivity contribution in [3.05, 3.63) is 10.6 Å². The van der Waals surface area contributed by atoms with Gasteiger partial charge in [0.05, 0.1) is 5.37 Å². The van der Waals surface area contributed by atoms with Crippen molar-refractivity contribution in [3.63, 3.8) is 0 Å². The molecule has 0 saturated carbocycles. The van der Waals surface area contributed by atoms with E-state index >= 15 is 0 Å². The molecule has 2 N–H and O–H groups in total. The van der Waals surface area contributed by atoms with Crippen LogP contribution in [0.4, 0.5) is 4.79 Å². The molecule has 1 atom stereocenters. The first-order valence-corrected chi connectivity index (χ1v) is 5.18. The van der Waals surface area contributed by atoms with Crippen LogP contribution in [0.1, 0.15) is 13.3 Å². The van der Waals surface area contributed by atoms with E-state index in [1.54, 1.807) is 16.7 Å². The SMILES string of the molecule is CC1SC2=C(CC[N]C2)N1C(N)=O. The van der Waals surface area contributed by atoms with Gasteiger partial charge in [-0.25, -0.2) is 10.1 Å². The van der Waals surface area contributed by atoms with Gasteiger partial charge in [-0.1, -0.05) is 0 Å². The molecule has 2 aliphatic rings. The van der Waals surface area contributed by atoms with Crippen molar-refractivity contribution in [2.45, 2.75) is 18.7 Å². The summed E-state index contributed by atoms with van der Waals surface area (Å²) < 4.78 is 0. The Morgan fingerprint density at radius 1 is 1.77 bits per heavy atom. The lowest BCUT2D eigenvalue weighted by Gasteiger charge is -2.23. The summed E-state index contributed by atoms with van der Waals surface area (Å²) in [7, 11) is 0. The topological polar surface area (TPSA) is 60.4 Å². The molecule has 71 valence electrons. The van der Waals surface area contributed by atoms with Gasteiger partial charge in [0, 0.05) is 30.1 Å². The smallest absolute Gasteiger partial charge is 0.320 e. The number of nitrogens with zero attached hydrogens (tertiary/aromatic N) is 2. The highest BCUT2D eigenvalue weighted by Gasteiger charge is 2.33. The standard InChI is InChI=1S/C8H12N3OS/c1-5-11(8(9)12)6-2-3-10-4-7(6)13-5/h5H,2-4H2,1H3,(H2,9,12). The van der Waals surface area contributed by atoms with Crippen LogP contribution in [0.5, 0.6) is 0 Å². The highest BCUT2D eigenvalue weighted by molar-refractivity contribution is 8.03. The minimum Gasteiger partial charge on any atom is -0.351 e. The van der Waals surface area contributed by atoms with E-state index in [2.05, 4.69) is 5.32 Å². The normalized spacial score (nSPS) is 27.8. The van der Waals surface area contributed by atoms with Crippen LogP contribution in [0.25, 0.3) is 0 Å². The van der Waals surface area contributed by atoms with Crippen molar-refractivity contribution < 1.29 is 4.79 Å². The van der Waals surface area contributed by atoms with Crippen molar-refractivity contribution in [2.75, 3.05) is 13.1 Å². The van der Waals surface area contributed by atoms with Crippen molar-refractivity contribution >= 4 is 17.8 Å². The van der Waals surface area contributed by atoms with Gasteiger partial charge in [-0.3, -0.25) is 4.90 Å². The second kappa shape index (κ2) is 3.23. The van der Waals surface area contributed by atoms with E-state index in [4.69, 9.17) is 5.73 Å². The van der Waals surface area contributed by atoms with Crippen LogP contribution in [-0.4, -0.2) is 29.4 Å². The van der Waals surface area contributed by atoms with Gasteiger partial charge in [-0.15, -0.1) is 11.8 Å². The summed E-state index contributed by atoms with van der Waals surface area (Å²) in [5.74, 6) is 0. The number of nitrogens with two attached hydrogens (primary N) is 1. The lowest BCUT2D eigenvalue weighted by atomic mass is 10.2. The Hall–Kier alpha value is -0.680. The van der Waals surface area contributed by atoms with E-state index in [1.165, 1.54) is 4.91 Å². The second-order valence-corrected chi connectivity index (χ2v) is 4.56. The predicted molar refractivity (Wildman–Crippen MR) is 52.0 cm³/mol. The third-order valence-corrected chi connectivity index (χ3v) is 3.49. The van der Waals surface area contributed by atoms with Crippen LogP contribution in [-0.2, 0) is 0 Å². The lowest BCUT2D eigenvalue weighted by Crippen LogP contribution is -2.38. The van der Waals surface area contributed by atoms with Crippen molar-refractivity contribution in [1.29, 1.82) is 0 Å². The predicted octanol–water partition coefficient (Wildman–Crippen LogP) is 0.680. The molecule has 0 aliphatic carbocycles. The molecule has 0 aromatic heterocycles. The van der Waals surface area contributed by atoms with E-state index in [0.29, 0.717) is 0 Å². The number of amides is 2. The molecule has 0 fully saturated rings. The van der Waals surface area contributed by atoms with Gasteiger partial charge in [0.1, 0.15) is 0 Å². The van der Waals surface area contributed by atoms with Crippen LogP contribution in [0.2, 0.25) is 0 Å². The largest absolute Gasteiger partial charge is 0.351 e. The molecule has 0 saturated heterocycles. The number of carbonyl (C=O) groups is 1. The molecule has 5 heteroatoms. The van der Waals surface area contributed by atoms with Gasteiger partial charge in [0.25, 0.3) is 0 Å². The average Bonchev–Trinajstić information content (AvgIpc) is 2.39. The maximum Gasteiger partial charge on any atom is 0.320 e. The summed E-state index contributed by atoms with van der Waals surface area (Å²) in [6, 6.07) is -0.341. The van der Waals surface area contributed by atoms with Gasteiger partial charge >= 0.3 is 6.03 Å². The maximum absolute atomic E-state index is 11.1. The first-order chi connectivity index (χ1) is 6.20. The number of thioether (sulfide) groups is 1. The second-order valence-electron chi connectivity index (χ2n) is 3.15. The lowest BCUT2D eigenvalue weighted by molar-refractivity contribution is 0.218. The molecule has 2 amide bonds. The molecular weight excluding hydrogens is 186 g/mol. The molecule has 0 bridgehead atoms. The summed E-state index contributed by atoms with van der Waals surface area (Å²) in [6.45, 7) is 3.57. The minimum atomic E-state index is -0.341. The van der Waals surface area contributed by atoms with E-state index in [-0.39, 0.29) is 11.4 Å². The molecule has 2 aliphatic heterocycles. The molecule has 0 spiro atoms. The van der Waals surface area contributed by atoms with Gasteiger partial charge < -0.3 is 5.73 Å². The summed E-state index contributed by atoms with van der Waals surface area (Å²) in [5.41, 5.74) is 6.40.